The first-order valence-electron chi connectivity index (χ1n) is 10.7. The average molecular weight is 437 g/mol. The van der Waals surface area contributed by atoms with Gasteiger partial charge in [-0.2, -0.15) is 0 Å². The number of carbonyl (C=O) groups excluding carboxylic acids is 1. The molecule has 1 aromatic heterocycles. The van der Waals surface area contributed by atoms with Crippen LogP contribution in [0, 0.1) is 0 Å². The van der Waals surface area contributed by atoms with Crippen molar-refractivity contribution in [2.24, 2.45) is 0 Å². The molecule has 1 saturated heterocycles. The quantitative estimate of drug-likeness (QED) is 0.579. The molecule has 0 bridgehead atoms. The second-order valence-corrected chi connectivity index (χ2v) is 8.40. The number of hydrogen-bond donors (Lipinski definition) is 1. The second-order valence-electron chi connectivity index (χ2n) is 7.54. The number of rotatable bonds is 8. The SMILES string of the molecule is CCOc1ccccc1NC(=O)CN1CCN(Cc2csc(-c3ccccc3)n2)CC1. The molecule has 2 heterocycles. The largest absolute Gasteiger partial charge is 0.492 e. The zero-order valence-electron chi connectivity index (χ0n) is 17.8. The van der Waals surface area contributed by atoms with Gasteiger partial charge in [0, 0.05) is 43.7 Å². The van der Waals surface area contributed by atoms with Gasteiger partial charge in [0.15, 0.2) is 0 Å². The van der Waals surface area contributed by atoms with Crippen LogP contribution in [0.3, 0.4) is 0 Å². The maximum atomic E-state index is 12.5. The summed E-state index contributed by atoms with van der Waals surface area (Å²) >= 11 is 1.69. The molecule has 1 aliphatic heterocycles. The van der Waals surface area contributed by atoms with Gasteiger partial charge in [-0.05, 0) is 19.1 Å². The Labute approximate surface area is 187 Å². The molecule has 31 heavy (non-hydrogen) atoms. The Morgan fingerprint density at radius 1 is 1.03 bits per heavy atom. The molecule has 4 rings (SSSR count). The highest BCUT2D eigenvalue weighted by molar-refractivity contribution is 7.13. The highest BCUT2D eigenvalue weighted by atomic mass is 32.1. The Bertz CT molecular complexity index is 984. The minimum atomic E-state index is -0.00685. The predicted molar refractivity (Wildman–Crippen MR) is 126 cm³/mol. The van der Waals surface area contributed by atoms with Gasteiger partial charge in [-0.25, -0.2) is 4.98 Å². The van der Waals surface area contributed by atoms with Crippen LogP contribution >= 0.6 is 11.3 Å². The van der Waals surface area contributed by atoms with Crippen LogP contribution in [0.15, 0.2) is 60.0 Å². The minimum absolute atomic E-state index is 0.00685. The summed E-state index contributed by atoms with van der Waals surface area (Å²) in [5.41, 5.74) is 3.01. The highest BCUT2D eigenvalue weighted by Gasteiger charge is 2.20. The van der Waals surface area contributed by atoms with E-state index in [9.17, 15) is 4.79 Å². The van der Waals surface area contributed by atoms with Crippen LogP contribution in [0.1, 0.15) is 12.6 Å². The van der Waals surface area contributed by atoms with E-state index in [-0.39, 0.29) is 5.91 Å². The number of benzene rings is 2. The lowest BCUT2D eigenvalue weighted by atomic mass is 10.2. The molecular formula is C24H28N4O2S. The van der Waals surface area contributed by atoms with E-state index in [1.807, 2.05) is 49.4 Å². The smallest absolute Gasteiger partial charge is 0.238 e. The van der Waals surface area contributed by atoms with E-state index < -0.39 is 0 Å². The van der Waals surface area contributed by atoms with Crippen molar-refractivity contribution >= 4 is 22.9 Å². The van der Waals surface area contributed by atoms with Crippen molar-refractivity contribution < 1.29 is 9.53 Å². The predicted octanol–water partition coefficient (Wildman–Crippen LogP) is 3.97. The van der Waals surface area contributed by atoms with Gasteiger partial charge in [0.2, 0.25) is 5.91 Å². The first kappa shape index (κ1) is 21.5. The van der Waals surface area contributed by atoms with Crippen molar-refractivity contribution in [3.8, 4) is 16.3 Å². The van der Waals surface area contributed by atoms with Crippen LogP contribution in [0.4, 0.5) is 5.69 Å². The third-order valence-corrected chi connectivity index (χ3v) is 6.19. The fraction of sp³-hybridized carbons (Fsp3) is 0.333. The van der Waals surface area contributed by atoms with E-state index in [0.717, 1.165) is 49.1 Å². The number of nitrogens with one attached hydrogen (secondary N) is 1. The molecule has 0 spiro atoms. The van der Waals surface area contributed by atoms with Crippen molar-refractivity contribution in [1.82, 2.24) is 14.8 Å². The van der Waals surface area contributed by atoms with Gasteiger partial charge in [-0.1, -0.05) is 42.5 Å². The molecule has 7 heteroatoms. The van der Waals surface area contributed by atoms with Gasteiger partial charge in [0.25, 0.3) is 0 Å². The zero-order valence-corrected chi connectivity index (χ0v) is 18.6. The monoisotopic (exact) mass is 436 g/mol. The van der Waals surface area contributed by atoms with Crippen LogP contribution in [-0.4, -0.2) is 60.0 Å². The molecule has 1 aliphatic rings. The Kier molecular flexibility index (Phi) is 7.30. The highest BCUT2D eigenvalue weighted by Crippen LogP contribution is 2.25. The maximum Gasteiger partial charge on any atom is 0.238 e. The number of para-hydroxylation sites is 2. The number of ether oxygens (including phenoxy) is 1. The fourth-order valence-electron chi connectivity index (χ4n) is 3.67. The number of hydrogen-bond acceptors (Lipinski definition) is 6. The summed E-state index contributed by atoms with van der Waals surface area (Å²) < 4.78 is 5.59. The molecule has 1 fully saturated rings. The van der Waals surface area contributed by atoms with Crippen molar-refractivity contribution in [2.45, 2.75) is 13.5 Å². The average Bonchev–Trinajstić information content (AvgIpc) is 3.26. The first-order valence-corrected chi connectivity index (χ1v) is 11.6. The van der Waals surface area contributed by atoms with Crippen LogP contribution in [0.2, 0.25) is 0 Å². The Balaban J connectivity index is 1.24. The van der Waals surface area contributed by atoms with Crippen molar-refractivity contribution in [1.29, 1.82) is 0 Å². The van der Waals surface area contributed by atoms with E-state index in [0.29, 0.717) is 18.9 Å². The summed E-state index contributed by atoms with van der Waals surface area (Å²) in [5.74, 6) is 0.703. The van der Waals surface area contributed by atoms with Gasteiger partial charge in [0.1, 0.15) is 10.8 Å². The maximum absolute atomic E-state index is 12.5. The van der Waals surface area contributed by atoms with Gasteiger partial charge < -0.3 is 10.1 Å². The van der Waals surface area contributed by atoms with Crippen LogP contribution in [-0.2, 0) is 11.3 Å². The topological polar surface area (TPSA) is 57.7 Å². The number of piperazine rings is 1. The summed E-state index contributed by atoms with van der Waals surface area (Å²) in [7, 11) is 0. The minimum Gasteiger partial charge on any atom is -0.492 e. The molecule has 0 radical (unpaired) electrons. The summed E-state index contributed by atoms with van der Waals surface area (Å²) in [4.78, 5) is 21.9. The third-order valence-electron chi connectivity index (χ3n) is 5.25. The van der Waals surface area contributed by atoms with Crippen molar-refractivity contribution in [3.63, 3.8) is 0 Å². The van der Waals surface area contributed by atoms with Crippen molar-refractivity contribution in [3.05, 3.63) is 65.7 Å². The van der Waals surface area contributed by atoms with E-state index in [4.69, 9.17) is 9.72 Å². The molecule has 1 N–H and O–H groups in total. The summed E-state index contributed by atoms with van der Waals surface area (Å²) in [6, 6.07) is 17.9. The molecular weight excluding hydrogens is 408 g/mol. The van der Waals surface area contributed by atoms with Crippen molar-refractivity contribution in [2.75, 3.05) is 44.6 Å². The Morgan fingerprint density at radius 2 is 1.74 bits per heavy atom. The van der Waals surface area contributed by atoms with E-state index in [1.165, 1.54) is 5.56 Å². The first-order chi connectivity index (χ1) is 15.2. The van der Waals surface area contributed by atoms with Gasteiger partial charge in [0.05, 0.1) is 24.5 Å². The summed E-state index contributed by atoms with van der Waals surface area (Å²) in [6.45, 7) is 7.36. The Morgan fingerprint density at radius 3 is 2.52 bits per heavy atom. The van der Waals surface area contributed by atoms with Crippen LogP contribution in [0.25, 0.3) is 10.6 Å². The van der Waals surface area contributed by atoms with E-state index in [2.05, 4.69) is 32.6 Å². The second kappa shape index (κ2) is 10.5. The van der Waals surface area contributed by atoms with E-state index >= 15 is 0 Å². The number of aromatic nitrogens is 1. The lowest BCUT2D eigenvalue weighted by molar-refractivity contribution is -0.117. The third kappa shape index (κ3) is 5.91. The van der Waals surface area contributed by atoms with Gasteiger partial charge in [-0.3, -0.25) is 14.6 Å². The molecule has 0 unspecified atom stereocenters. The lowest BCUT2D eigenvalue weighted by Crippen LogP contribution is -2.48. The summed E-state index contributed by atoms with van der Waals surface area (Å²) in [5, 5.41) is 6.20. The van der Waals surface area contributed by atoms with Crippen LogP contribution in [0.5, 0.6) is 5.75 Å². The summed E-state index contributed by atoms with van der Waals surface area (Å²) in [6.07, 6.45) is 0. The molecule has 2 aromatic carbocycles. The molecule has 0 atom stereocenters. The molecule has 3 aromatic rings. The number of amides is 1. The molecule has 0 saturated carbocycles. The van der Waals surface area contributed by atoms with E-state index in [1.54, 1.807) is 11.3 Å². The molecule has 162 valence electrons. The number of thiazole rings is 1. The zero-order chi connectivity index (χ0) is 21.5. The number of nitrogens with zero attached hydrogens (tertiary/aromatic N) is 3. The van der Waals surface area contributed by atoms with Gasteiger partial charge in [-0.15, -0.1) is 11.3 Å². The molecule has 6 nitrogen and oxygen atoms in total. The normalized spacial score (nSPS) is 15.0. The Hall–Kier alpha value is -2.74. The standard InChI is InChI=1S/C24H28N4O2S/c1-2-30-22-11-7-6-10-21(22)26-23(29)17-28-14-12-27(13-15-28)16-20-18-31-24(25-20)19-8-4-3-5-9-19/h3-11,18H,2,12-17H2,1H3,(H,26,29). The number of anilines is 1. The fourth-order valence-corrected chi connectivity index (χ4v) is 4.49. The molecule has 0 aliphatic carbocycles. The van der Waals surface area contributed by atoms with Gasteiger partial charge >= 0.3 is 0 Å². The lowest BCUT2D eigenvalue weighted by Gasteiger charge is -2.33. The number of carbonyl (C=O) groups is 1. The van der Waals surface area contributed by atoms with Crippen LogP contribution < -0.4 is 10.1 Å². The molecule has 1 amide bonds.